The fourth-order valence-electron chi connectivity index (χ4n) is 2.84. The van der Waals surface area contributed by atoms with Gasteiger partial charge in [0.25, 0.3) is 0 Å². The molecule has 1 aliphatic rings. The lowest BCUT2D eigenvalue weighted by Crippen LogP contribution is -2.54. The van der Waals surface area contributed by atoms with Gasteiger partial charge in [0.2, 0.25) is 0 Å². The molecule has 0 saturated carbocycles. The van der Waals surface area contributed by atoms with Gasteiger partial charge >= 0.3 is 0 Å². The van der Waals surface area contributed by atoms with E-state index in [0.29, 0.717) is 18.2 Å². The summed E-state index contributed by atoms with van der Waals surface area (Å²) in [4.78, 5) is 2.56. The van der Waals surface area contributed by atoms with Gasteiger partial charge in [-0.2, -0.15) is 0 Å². The van der Waals surface area contributed by atoms with Crippen molar-refractivity contribution in [1.29, 1.82) is 0 Å². The highest BCUT2D eigenvalue weighted by atomic mass is 16.5. The zero-order valence-electron chi connectivity index (χ0n) is 12.5. The summed E-state index contributed by atoms with van der Waals surface area (Å²) in [7, 11) is 0. The smallest absolute Gasteiger partial charge is 0.0674 e. The Balaban J connectivity index is 2.30. The van der Waals surface area contributed by atoms with Gasteiger partial charge in [-0.15, -0.1) is 0 Å². The Morgan fingerprint density at radius 2 is 1.94 bits per heavy atom. The molecule has 0 aromatic heterocycles. The average Bonchev–Trinajstić information content (AvgIpc) is 2.37. The van der Waals surface area contributed by atoms with Crippen molar-refractivity contribution in [1.82, 2.24) is 4.90 Å². The van der Waals surface area contributed by atoms with Crippen LogP contribution in [0.5, 0.6) is 0 Å². The van der Waals surface area contributed by atoms with E-state index in [4.69, 9.17) is 10.5 Å². The van der Waals surface area contributed by atoms with E-state index < -0.39 is 0 Å². The highest BCUT2D eigenvalue weighted by molar-refractivity contribution is 4.82. The van der Waals surface area contributed by atoms with E-state index in [1.54, 1.807) is 0 Å². The highest BCUT2D eigenvalue weighted by Gasteiger charge is 2.28. The minimum atomic E-state index is 0.357. The Morgan fingerprint density at radius 1 is 1.22 bits per heavy atom. The fraction of sp³-hybridized carbons (Fsp3) is 1.00. The van der Waals surface area contributed by atoms with E-state index in [1.807, 2.05) is 0 Å². The Labute approximate surface area is 113 Å². The molecule has 0 amide bonds. The molecule has 108 valence electrons. The molecule has 1 heterocycles. The van der Waals surface area contributed by atoms with E-state index in [-0.39, 0.29) is 0 Å². The molecule has 0 aromatic carbocycles. The molecule has 0 radical (unpaired) electrons. The molecule has 0 spiro atoms. The standard InChI is InChI=1S/C15H32N2O/c1-4-5-6-7-8-9-15(10-16)17-11-14(3)18-12-13(17)2/h13-15H,4-12,16H2,1-3H3. The van der Waals surface area contributed by atoms with Crippen LogP contribution in [0.15, 0.2) is 0 Å². The van der Waals surface area contributed by atoms with Crippen molar-refractivity contribution < 1.29 is 4.74 Å². The number of nitrogens with two attached hydrogens (primary N) is 1. The molecule has 3 heteroatoms. The molecule has 18 heavy (non-hydrogen) atoms. The van der Waals surface area contributed by atoms with Gasteiger partial charge in [-0.05, 0) is 20.3 Å². The third-order valence-electron chi connectivity index (χ3n) is 4.04. The molecular formula is C15H32N2O. The van der Waals surface area contributed by atoms with Gasteiger partial charge in [0, 0.05) is 25.2 Å². The first-order chi connectivity index (χ1) is 8.69. The molecule has 3 nitrogen and oxygen atoms in total. The molecule has 0 aromatic rings. The second-order valence-corrected chi connectivity index (χ2v) is 5.78. The number of rotatable bonds is 8. The average molecular weight is 256 g/mol. The van der Waals surface area contributed by atoms with E-state index in [2.05, 4.69) is 25.7 Å². The summed E-state index contributed by atoms with van der Waals surface area (Å²) in [6.07, 6.45) is 8.35. The minimum absolute atomic E-state index is 0.357. The van der Waals surface area contributed by atoms with Crippen LogP contribution in [-0.4, -0.2) is 42.8 Å². The normalized spacial score (nSPS) is 27.3. The molecule has 1 rings (SSSR count). The van der Waals surface area contributed by atoms with Crippen molar-refractivity contribution in [3.63, 3.8) is 0 Å². The maximum atomic E-state index is 5.97. The van der Waals surface area contributed by atoms with Gasteiger partial charge < -0.3 is 10.5 Å². The van der Waals surface area contributed by atoms with E-state index in [1.165, 1.54) is 38.5 Å². The number of hydrogen-bond donors (Lipinski definition) is 1. The van der Waals surface area contributed by atoms with Crippen LogP contribution in [0.25, 0.3) is 0 Å². The summed E-state index contributed by atoms with van der Waals surface area (Å²) in [6, 6.07) is 1.07. The monoisotopic (exact) mass is 256 g/mol. The van der Waals surface area contributed by atoms with Crippen LogP contribution in [-0.2, 0) is 4.74 Å². The third kappa shape index (κ3) is 5.25. The molecule has 0 aliphatic carbocycles. The van der Waals surface area contributed by atoms with Crippen molar-refractivity contribution in [3.8, 4) is 0 Å². The van der Waals surface area contributed by atoms with Gasteiger partial charge in [0.1, 0.15) is 0 Å². The molecule has 2 N–H and O–H groups in total. The van der Waals surface area contributed by atoms with Gasteiger partial charge in [-0.3, -0.25) is 4.90 Å². The number of unbranched alkanes of at least 4 members (excludes halogenated alkanes) is 4. The van der Waals surface area contributed by atoms with Crippen LogP contribution in [0.3, 0.4) is 0 Å². The van der Waals surface area contributed by atoms with E-state index >= 15 is 0 Å². The molecule has 0 bridgehead atoms. The topological polar surface area (TPSA) is 38.5 Å². The number of hydrogen-bond acceptors (Lipinski definition) is 3. The molecule has 1 aliphatic heterocycles. The largest absolute Gasteiger partial charge is 0.376 e. The van der Waals surface area contributed by atoms with E-state index in [9.17, 15) is 0 Å². The number of ether oxygens (including phenoxy) is 1. The number of morpholine rings is 1. The predicted octanol–water partition coefficient (Wildman–Crippen LogP) is 2.78. The van der Waals surface area contributed by atoms with Gasteiger partial charge in [-0.1, -0.05) is 39.0 Å². The molecule has 3 unspecified atom stereocenters. The summed E-state index contributed by atoms with van der Waals surface area (Å²) in [5.74, 6) is 0. The molecule has 3 atom stereocenters. The van der Waals surface area contributed by atoms with Crippen LogP contribution in [0, 0.1) is 0 Å². The van der Waals surface area contributed by atoms with Crippen LogP contribution in [0.1, 0.15) is 59.3 Å². The van der Waals surface area contributed by atoms with Crippen molar-refractivity contribution in [2.45, 2.75) is 77.5 Å². The van der Waals surface area contributed by atoms with Crippen molar-refractivity contribution in [3.05, 3.63) is 0 Å². The first-order valence-corrected chi connectivity index (χ1v) is 7.76. The predicted molar refractivity (Wildman–Crippen MR) is 77.8 cm³/mol. The molecule has 1 saturated heterocycles. The Hall–Kier alpha value is -0.120. The first-order valence-electron chi connectivity index (χ1n) is 7.76. The second-order valence-electron chi connectivity index (χ2n) is 5.78. The maximum Gasteiger partial charge on any atom is 0.0674 e. The maximum absolute atomic E-state index is 5.97. The highest BCUT2D eigenvalue weighted by Crippen LogP contribution is 2.18. The lowest BCUT2D eigenvalue weighted by atomic mass is 10.0. The van der Waals surface area contributed by atoms with Gasteiger partial charge in [-0.25, -0.2) is 0 Å². The van der Waals surface area contributed by atoms with Crippen molar-refractivity contribution >= 4 is 0 Å². The van der Waals surface area contributed by atoms with Crippen molar-refractivity contribution in [2.75, 3.05) is 19.7 Å². The summed E-state index contributed by atoms with van der Waals surface area (Å²) < 4.78 is 5.69. The Kier molecular flexibility index (Phi) is 7.87. The van der Waals surface area contributed by atoms with Crippen LogP contribution < -0.4 is 5.73 Å². The van der Waals surface area contributed by atoms with Gasteiger partial charge in [0.15, 0.2) is 0 Å². The minimum Gasteiger partial charge on any atom is -0.376 e. The van der Waals surface area contributed by atoms with Gasteiger partial charge in [0.05, 0.1) is 12.7 Å². The zero-order chi connectivity index (χ0) is 13.4. The lowest BCUT2D eigenvalue weighted by Gasteiger charge is -2.41. The fourth-order valence-corrected chi connectivity index (χ4v) is 2.84. The molecule has 1 fully saturated rings. The number of nitrogens with zero attached hydrogens (tertiary/aromatic N) is 1. The zero-order valence-corrected chi connectivity index (χ0v) is 12.5. The summed E-state index contributed by atoms with van der Waals surface area (Å²) in [5, 5.41) is 0. The van der Waals surface area contributed by atoms with Crippen LogP contribution in [0.2, 0.25) is 0 Å². The third-order valence-corrected chi connectivity index (χ3v) is 4.04. The second kappa shape index (κ2) is 8.89. The summed E-state index contributed by atoms with van der Waals surface area (Å²) in [5.41, 5.74) is 5.97. The van der Waals surface area contributed by atoms with E-state index in [0.717, 1.165) is 19.7 Å². The molecular weight excluding hydrogens is 224 g/mol. The van der Waals surface area contributed by atoms with Crippen LogP contribution >= 0.6 is 0 Å². The van der Waals surface area contributed by atoms with Crippen molar-refractivity contribution in [2.24, 2.45) is 5.73 Å². The van der Waals surface area contributed by atoms with Crippen LogP contribution in [0.4, 0.5) is 0 Å². The Morgan fingerprint density at radius 3 is 2.61 bits per heavy atom. The SMILES string of the molecule is CCCCCCCC(CN)N1CC(C)OCC1C. The first kappa shape index (κ1) is 15.9. The summed E-state index contributed by atoms with van der Waals surface area (Å²) in [6.45, 7) is 9.36. The quantitative estimate of drug-likeness (QED) is 0.679. The summed E-state index contributed by atoms with van der Waals surface area (Å²) >= 11 is 0. The Bertz CT molecular complexity index is 211. The lowest BCUT2D eigenvalue weighted by molar-refractivity contribution is -0.0659.